The fourth-order valence-electron chi connectivity index (χ4n) is 4.10. The van der Waals surface area contributed by atoms with Gasteiger partial charge >= 0.3 is 0 Å². The summed E-state index contributed by atoms with van der Waals surface area (Å²) in [6.07, 6.45) is 1.02. The molecule has 164 valence electrons. The van der Waals surface area contributed by atoms with Crippen molar-refractivity contribution in [3.63, 3.8) is 0 Å². The van der Waals surface area contributed by atoms with E-state index < -0.39 is 11.9 Å². The Bertz CT molecular complexity index is 1030. The molecule has 0 saturated carbocycles. The summed E-state index contributed by atoms with van der Waals surface area (Å²) in [5.74, 6) is -0.842. The Labute approximate surface area is 187 Å². The fourth-order valence-corrected chi connectivity index (χ4v) is 4.25. The summed E-state index contributed by atoms with van der Waals surface area (Å²) in [5.41, 5.74) is 1.98. The maximum Gasteiger partial charge on any atom is 0.256 e. The van der Waals surface area contributed by atoms with Gasteiger partial charge in [-0.3, -0.25) is 14.5 Å². The molecule has 1 atom stereocenters. The van der Waals surface area contributed by atoms with E-state index in [1.165, 1.54) is 6.07 Å². The molecule has 1 saturated heterocycles. The molecule has 0 radical (unpaired) electrons. The van der Waals surface area contributed by atoms with Gasteiger partial charge in [-0.1, -0.05) is 38.4 Å². The summed E-state index contributed by atoms with van der Waals surface area (Å²) in [4.78, 5) is 30.2. The van der Waals surface area contributed by atoms with E-state index in [1.807, 2.05) is 0 Å². The molecule has 0 aliphatic carbocycles. The topological polar surface area (TPSA) is 52.6 Å². The molecule has 7 heteroatoms. The van der Waals surface area contributed by atoms with Gasteiger partial charge in [-0.15, -0.1) is 0 Å². The van der Waals surface area contributed by atoms with E-state index in [-0.39, 0.29) is 17.2 Å². The van der Waals surface area contributed by atoms with Gasteiger partial charge in [0.15, 0.2) is 0 Å². The van der Waals surface area contributed by atoms with Crippen LogP contribution >= 0.6 is 11.6 Å². The summed E-state index contributed by atoms with van der Waals surface area (Å²) >= 11 is 5.86. The minimum Gasteiger partial charge on any atom is -0.324 e. The maximum absolute atomic E-state index is 14.4. The average molecular weight is 444 g/mol. The summed E-state index contributed by atoms with van der Waals surface area (Å²) in [7, 11) is 0. The summed E-state index contributed by atoms with van der Waals surface area (Å²) < 4.78 is 14.4. The van der Waals surface area contributed by atoms with Crippen LogP contribution < -0.4 is 5.32 Å². The molecular weight excluding hydrogens is 417 g/mol. The van der Waals surface area contributed by atoms with Gasteiger partial charge in [-0.05, 0) is 54.3 Å². The number of fused-ring (bicyclic) bond motifs is 2. The van der Waals surface area contributed by atoms with Crippen molar-refractivity contribution in [1.29, 1.82) is 0 Å². The number of amides is 2. The van der Waals surface area contributed by atoms with E-state index >= 15 is 0 Å². The largest absolute Gasteiger partial charge is 0.324 e. The Balaban J connectivity index is 1.60. The van der Waals surface area contributed by atoms with Crippen LogP contribution in [0.15, 0.2) is 36.4 Å². The number of hydrogen-bond donors (Lipinski definition) is 1. The molecule has 1 N–H and O–H groups in total. The van der Waals surface area contributed by atoms with Crippen molar-refractivity contribution in [2.24, 2.45) is 5.41 Å². The van der Waals surface area contributed by atoms with Crippen molar-refractivity contribution in [3.8, 4) is 11.1 Å². The van der Waals surface area contributed by atoms with Crippen LogP contribution in [0.5, 0.6) is 0 Å². The second-order valence-corrected chi connectivity index (χ2v) is 9.94. The quantitative estimate of drug-likeness (QED) is 0.750. The average Bonchev–Trinajstić information content (AvgIpc) is 2.81. The molecule has 0 aromatic heterocycles. The Kier molecular flexibility index (Phi) is 5.79. The van der Waals surface area contributed by atoms with Crippen molar-refractivity contribution < 1.29 is 14.0 Å². The third-order valence-electron chi connectivity index (χ3n) is 5.96. The number of piperazine rings is 1. The Morgan fingerprint density at radius 3 is 2.58 bits per heavy atom. The molecule has 2 aliphatic heterocycles. The number of nitrogens with one attached hydrogen (secondary N) is 1. The molecule has 1 unspecified atom stereocenters. The van der Waals surface area contributed by atoms with E-state index in [9.17, 15) is 14.0 Å². The highest BCUT2D eigenvalue weighted by molar-refractivity contribution is 6.30. The van der Waals surface area contributed by atoms with Gasteiger partial charge in [-0.2, -0.15) is 0 Å². The fraction of sp³-hybridized carbons (Fsp3) is 0.417. The van der Waals surface area contributed by atoms with Gasteiger partial charge in [0.1, 0.15) is 11.9 Å². The molecule has 1 fully saturated rings. The smallest absolute Gasteiger partial charge is 0.256 e. The minimum atomic E-state index is -0.538. The zero-order chi connectivity index (χ0) is 22.3. The van der Waals surface area contributed by atoms with Crippen LogP contribution in [-0.2, 0) is 4.79 Å². The first-order chi connectivity index (χ1) is 14.6. The van der Waals surface area contributed by atoms with E-state index in [4.69, 9.17) is 11.6 Å². The van der Waals surface area contributed by atoms with Crippen molar-refractivity contribution in [2.45, 2.75) is 33.2 Å². The van der Waals surface area contributed by atoms with Crippen molar-refractivity contribution in [1.82, 2.24) is 9.80 Å². The number of hydrogen-bond acceptors (Lipinski definition) is 3. The van der Waals surface area contributed by atoms with Crippen LogP contribution in [0.1, 0.15) is 37.6 Å². The molecule has 2 aliphatic rings. The Morgan fingerprint density at radius 2 is 1.87 bits per heavy atom. The van der Waals surface area contributed by atoms with E-state index in [2.05, 4.69) is 31.0 Å². The second-order valence-electron chi connectivity index (χ2n) is 9.50. The van der Waals surface area contributed by atoms with Gasteiger partial charge in [0.25, 0.3) is 5.91 Å². The van der Waals surface area contributed by atoms with Crippen molar-refractivity contribution >= 4 is 29.1 Å². The molecule has 31 heavy (non-hydrogen) atoms. The molecule has 2 aromatic rings. The monoisotopic (exact) mass is 443 g/mol. The van der Waals surface area contributed by atoms with Gasteiger partial charge in [0, 0.05) is 30.2 Å². The van der Waals surface area contributed by atoms with E-state index in [0.29, 0.717) is 40.5 Å². The lowest BCUT2D eigenvalue weighted by Gasteiger charge is -2.40. The number of benzene rings is 2. The van der Waals surface area contributed by atoms with Crippen LogP contribution in [0, 0.1) is 11.2 Å². The molecule has 2 heterocycles. The molecule has 4 rings (SSSR count). The zero-order valence-electron chi connectivity index (χ0n) is 18.0. The first-order valence-electron chi connectivity index (χ1n) is 10.6. The van der Waals surface area contributed by atoms with Gasteiger partial charge in [0.2, 0.25) is 5.91 Å². The second kappa shape index (κ2) is 8.24. The lowest BCUT2D eigenvalue weighted by atomic mass is 9.92. The molecular formula is C24H27ClFN3O2. The first-order valence-corrected chi connectivity index (χ1v) is 10.9. The maximum atomic E-state index is 14.4. The zero-order valence-corrected chi connectivity index (χ0v) is 18.8. The van der Waals surface area contributed by atoms with Gasteiger partial charge in [-0.25, -0.2) is 4.39 Å². The van der Waals surface area contributed by atoms with Crippen LogP contribution in [0.25, 0.3) is 11.1 Å². The highest BCUT2D eigenvalue weighted by Crippen LogP contribution is 2.32. The lowest BCUT2D eigenvalue weighted by Crippen LogP contribution is -2.58. The molecule has 5 nitrogen and oxygen atoms in total. The van der Waals surface area contributed by atoms with Crippen molar-refractivity contribution in [3.05, 3.63) is 52.8 Å². The molecule has 2 amide bonds. The van der Waals surface area contributed by atoms with Crippen LogP contribution in [0.3, 0.4) is 0 Å². The minimum absolute atomic E-state index is 0.182. The summed E-state index contributed by atoms with van der Waals surface area (Å²) in [6, 6.07) is 8.95. The third-order valence-corrected chi connectivity index (χ3v) is 6.19. The summed E-state index contributed by atoms with van der Waals surface area (Å²) in [6.45, 7) is 9.21. The number of carbonyl (C=O) groups is 2. The van der Waals surface area contributed by atoms with Crippen molar-refractivity contribution in [2.75, 3.05) is 31.5 Å². The predicted molar refractivity (Wildman–Crippen MR) is 121 cm³/mol. The van der Waals surface area contributed by atoms with Crippen LogP contribution in [0.4, 0.5) is 10.1 Å². The SMILES string of the molecule is CC(C)(C)CCN1CCN2C(=O)c3cc(-c4ccc(Cl)cc4F)ccc3NC(=O)C2C1. The van der Waals surface area contributed by atoms with Gasteiger partial charge in [0.05, 0.1) is 11.3 Å². The molecule has 0 bridgehead atoms. The number of halogens is 2. The number of rotatable bonds is 3. The Morgan fingerprint density at radius 1 is 1.10 bits per heavy atom. The normalized spacial score (nSPS) is 19.5. The molecule has 2 aromatic carbocycles. The molecule has 0 spiro atoms. The first kappa shape index (κ1) is 21.8. The standard InChI is InChI=1S/C24H27ClFN3O2/c1-24(2,3)8-9-28-10-11-29-21(14-28)22(30)27-20-7-4-15(12-18(20)23(29)31)17-6-5-16(25)13-19(17)26/h4-7,12-13,21H,8-11,14H2,1-3H3,(H,27,30). The third kappa shape index (κ3) is 4.60. The van der Waals surface area contributed by atoms with Crippen LogP contribution in [-0.4, -0.2) is 53.8 Å². The van der Waals surface area contributed by atoms with Crippen LogP contribution in [0.2, 0.25) is 5.02 Å². The Hall–Kier alpha value is -2.44. The number of carbonyl (C=O) groups excluding carboxylic acids is 2. The highest BCUT2D eigenvalue weighted by Gasteiger charge is 2.39. The number of nitrogens with zero attached hydrogens (tertiary/aromatic N) is 2. The van der Waals surface area contributed by atoms with E-state index in [1.54, 1.807) is 35.2 Å². The summed E-state index contributed by atoms with van der Waals surface area (Å²) in [5, 5.41) is 3.22. The number of anilines is 1. The van der Waals surface area contributed by atoms with Gasteiger partial charge < -0.3 is 10.2 Å². The highest BCUT2D eigenvalue weighted by atomic mass is 35.5. The lowest BCUT2D eigenvalue weighted by molar-refractivity contribution is -0.122. The van der Waals surface area contributed by atoms with E-state index in [0.717, 1.165) is 19.5 Å². The predicted octanol–water partition coefficient (Wildman–Crippen LogP) is 4.66.